The second kappa shape index (κ2) is 6.20. The number of rotatable bonds is 4. The molecular formula is C17H25NO3S. The summed E-state index contributed by atoms with van der Waals surface area (Å²) < 4.78 is 29.7. The van der Waals surface area contributed by atoms with Crippen LogP contribution in [0.5, 0.6) is 0 Å². The molecule has 0 aromatic heterocycles. The van der Waals surface area contributed by atoms with E-state index in [1.165, 1.54) is 25.7 Å². The zero-order chi connectivity index (χ0) is 15.6. The van der Waals surface area contributed by atoms with Crippen LogP contribution >= 0.6 is 0 Å². The summed E-state index contributed by atoms with van der Waals surface area (Å²) in [7, 11) is -3.11. The minimum absolute atomic E-state index is 0.0986. The van der Waals surface area contributed by atoms with Crippen molar-refractivity contribution in [2.24, 2.45) is 0 Å². The van der Waals surface area contributed by atoms with Gasteiger partial charge in [0.05, 0.1) is 16.2 Å². The minimum Gasteiger partial charge on any atom is -0.382 e. The Morgan fingerprint density at radius 1 is 1.23 bits per heavy atom. The Bertz CT molecular complexity index is 603. The van der Waals surface area contributed by atoms with Crippen molar-refractivity contribution in [1.82, 2.24) is 0 Å². The smallest absolute Gasteiger partial charge is 0.178 e. The summed E-state index contributed by atoms with van der Waals surface area (Å²) in [5.74, 6) is 0.141. The lowest BCUT2D eigenvalue weighted by Crippen LogP contribution is -2.42. The van der Waals surface area contributed by atoms with Crippen LogP contribution in [0.1, 0.15) is 45.4 Å². The molecule has 1 spiro atoms. The highest BCUT2D eigenvalue weighted by Gasteiger charge is 2.39. The third kappa shape index (κ3) is 3.30. The monoisotopic (exact) mass is 323 g/mol. The first kappa shape index (κ1) is 15.8. The average molecular weight is 323 g/mol. The van der Waals surface area contributed by atoms with Crippen LogP contribution in [0.2, 0.25) is 0 Å². The van der Waals surface area contributed by atoms with Crippen molar-refractivity contribution in [3.8, 4) is 0 Å². The molecule has 0 bridgehead atoms. The van der Waals surface area contributed by atoms with E-state index >= 15 is 0 Å². The first-order valence-corrected chi connectivity index (χ1v) is 9.92. The summed E-state index contributed by atoms with van der Waals surface area (Å²) in [6, 6.07) is 7.57. The number of nitrogens with one attached hydrogen (secondary N) is 1. The van der Waals surface area contributed by atoms with E-state index in [1.54, 1.807) is 19.1 Å². The van der Waals surface area contributed by atoms with E-state index in [4.69, 9.17) is 4.74 Å². The Morgan fingerprint density at radius 3 is 2.55 bits per heavy atom. The van der Waals surface area contributed by atoms with Crippen molar-refractivity contribution in [2.75, 3.05) is 17.7 Å². The van der Waals surface area contributed by atoms with Crippen molar-refractivity contribution in [1.29, 1.82) is 0 Å². The molecule has 5 heteroatoms. The minimum atomic E-state index is -3.11. The molecule has 0 unspecified atom stereocenters. The molecule has 2 fully saturated rings. The molecule has 0 amide bonds. The number of benzene rings is 1. The molecule has 22 heavy (non-hydrogen) atoms. The van der Waals surface area contributed by atoms with E-state index in [0.29, 0.717) is 10.9 Å². The Labute approximate surface area is 133 Å². The van der Waals surface area contributed by atoms with Gasteiger partial charge in [-0.15, -0.1) is 0 Å². The molecule has 1 N–H and O–H groups in total. The van der Waals surface area contributed by atoms with Crippen LogP contribution in [0.3, 0.4) is 0 Å². The molecule has 3 rings (SSSR count). The van der Waals surface area contributed by atoms with Crippen LogP contribution < -0.4 is 5.32 Å². The van der Waals surface area contributed by atoms with Crippen molar-refractivity contribution in [2.45, 2.75) is 62.0 Å². The Balaban J connectivity index is 1.66. The van der Waals surface area contributed by atoms with Crippen molar-refractivity contribution >= 4 is 15.5 Å². The van der Waals surface area contributed by atoms with Crippen LogP contribution in [-0.2, 0) is 14.6 Å². The molecule has 1 saturated heterocycles. The van der Waals surface area contributed by atoms with Crippen LogP contribution in [0.15, 0.2) is 29.2 Å². The first-order chi connectivity index (χ1) is 10.5. The fraction of sp³-hybridized carbons (Fsp3) is 0.647. The normalized spacial score (nSPS) is 24.5. The summed E-state index contributed by atoms with van der Waals surface area (Å²) >= 11 is 0. The van der Waals surface area contributed by atoms with Crippen LogP contribution in [0.4, 0.5) is 5.69 Å². The molecule has 1 aliphatic carbocycles. The van der Waals surface area contributed by atoms with Gasteiger partial charge in [-0.1, -0.05) is 19.8 Å². The second-order valence-electron chi connectivity index (χ2n) is 6.50. The Morgan fingerprint density at radius 2 is 1.91 bits per heavy atom. The summed E-state index contributed by atoms with van der Waals surface area (Å²) in [5.41, 5.74) is 1.09. The SMILES string of the molecule is CCS(=O)(=O)c1ccc(N[C@@H]2CCOC3(CCCC3)C2)cc1. The lowest BCUT2D eigenvalue weighted by Gasteiger charge is -2.39. The van der Waals surface area contributed by atoms with Crippen LogP contribution in [0.25, 0.3) is 0 Å². The van der Waals surface area contributed by atoms with Gasteiger partial charge in [-0.3, -0.25) is 0 Å². The van der Waals surface area contributed by atoms with Gasteiger partial charge in [-0.2, -0.15) is 0 Å². The Kier molecular flexibility index (Phi) is 4.46. The maximum absolute atomic E-state index is 11.8. The quantitative estimate of drug-likeness (QED) is 0.923. The molecule has 1 aliphatic heterocycles. The van der Waals surface area contributed by atoms with Gasteiger partial charge in [0.15, 0.2) is 9.84 Å². The highest BCUT2D eigenvalue weighted by atomic mass is 32.2. The van der Waals surface area contributed by atoms with E-state index < -0.39 is 9.84 Å². The molecule has 122 valence electrons. The number of sulfone groups is 1. The fourth-order valence-electron chi connectivity index (χ4n) is 3.68. The van der Waals surface area contributed by atoms with Gasteiger partial charge in [-0.05, 0) is 49.9 Å². The molecule has 4 nitrogen and oxygen atoms in total. The standard InChI is InChI=1S/C17H25NO3S/c1-2-22(19,20)16-7-5-14(6-8-16)18-15-9-12-21-17(13-15)10-3-4-11-17/h5-8,15,18H,2-4,9-13H2,1H3/t15-/m1/s1. The van der Waals surface area contributed by atoms with Gasteiger partial charge in [0.2, 0.25) is 0 Å². The van der Waals surface area contributed by atoms with Crippen molar-refractivity contribution in [3.05, 3.63) is 24.3 Å². The maximum atomic E-state index is 11.8. The highest BCUT2D eigenvalue weighted by molar-refractivity contribution is 7.91. The van der Waals surface area contributed by atoms with Crippen LogP contribution in [-0.4, -0.2) is 32.4 Å². The van der Waals surface area contributed by atoms with Crippen molar-refractivity contribution in [3.63, 3.8) is 0 Å². The summed E-state index contributed by atoms with van der Waals surface area (Å²) in [6.07, 6.45) is 6.98. The van der Waals surface area contributed by atoms with Gasteiger partial charge < -0.3 is 10.1 Å². The van der Waals surface area contributed by atoms with E-state index in [9.17, 15) is 8.42 Å². The van der Waals surface area contributed by atoms with E-state index in [0.717, 1.165) is 25.1 Å². The zero-order valence-corrected chi connectivity index (χ0v) is 14.0. The van der Waals surface area contributed by atoms with E-state index in [1.807, 2.05) is 12.1 Å². The lowest BCUT2D eigenvalue weighted by molar-refractivity contribution is -0.0767. The number of hydrogen-bond donors (Lipinski definition) is 1. The predicted molar refractivity (Wildman–Crippen MR) is 88.0 cm³/mol. The summed E-state index contributed by atoms with van der Waals surface area (Å²) in [5, 5.41) is 3.55. The largest absolute Gasteiger partial charge is 0.382 e. The molecule has 1 saturated carbocycles. The third-order valence-electron chi connectivity index (χ3n) is 4.97. The average Bonchev–Trinajstić information content (AvgIpc) is 2.95. The maximum Gasteiger partial charge on any atom is 0.178 e. The predicted octanol–water partition coefficient (Wildman–Crippen LogP) is 3.38. The highest BCUT2D eigenvalue weighted by Crippen LogP contribution is 2.40. The third-order valence-corrected chi connectivity index (χ3v) is 6.72. The molecule has 1 heterocycles. The number of hydrogen-bond acceptors (Lipinski definition) is 4. The molecule has 2 aliphatic rings. The fourth-order valence-corrected chi connectivity index (χ4v) is 4.56. The molecule has 1 aromatic rings. The Hall–Kier alpha value is -1.07. The molecule has 1 atom stereocenters. The number of anilines is 1. The zero-order valence-electron chi connectivity index (χ0n) is 13.2. The first-order valence-electron chi connectivity index (χ1n) is 8.26. The van der Waals surface area contributed by atoms with Gasteiger partial charge in [-0.25, -0.2) is 8.42 Å². The summed E-state index contributed by atoms with van der Waals surface area (Å²) in [4.78, 5) is 0.403. The topological polar surface area (TPSA) is 55.4 Å². The van der Waals surface area contributed by atoms with Gasteiger partial charge in [0.1, 0.15) is 0 Å². The van der Waals surface area contributed by atoms with Gasteiger partial charge in [0.25, 0.3) is 0 Å². The second-order valence-corrected chi connectivity index (χ2v) is 8.78. The van der Waals surface area contributed by atoms with Gasteiger partial charge in [0, 0.05) is 18.3 Å². The number of ether oxygens (including phenoxy) is 1. The lowest BCUT2D eigenvalue weighted by atomic mass is 9.89. The van der Waals surface area contributed by atoms with Crippen LogP contribution in [0, 0.1) is 0 Å². The molecule has 0 radical (unpaired) electrons. The van der Waals surface area contributed by atoms with Crippen molar-refractivity contribution < 1.29 is 13.2 Å². The molecule has 1 aromatic carbocycles. The van der Waals surface area contributed by atoms with E-state index in [2.05, 4.69) is 5.32 Å². The summed E-state index contributed by atoms with van der Waals surface area (Å²) in [6.45, 7) is 2.49. The molecular weight excluding hydrogens is 298 g/mol. The van der Waals surface area contributed by atoms with E-state index in [-0.39, 0.29) is 11.4 Å². The van der Waals surface area contributed by atoms with Gasteiger partial charge >= 0.3 is 0 Å².